The van der Waals surface area contributed by atoms with Gasteiger partial charge in [-0.1, -0.05) is 6.92 Å². The number of hydrogen-bond acceptors (Lipinski definition) is 5. The molecule has 1 fully saturated rings. The van der Waals surface area contributed by atoms with Gasteiger partial charge in [-0.2, -0.15) is 11.8 Å². The van der Waals surface area contributed by atoms with E-state index in [2.05, 4.69) is 25.1 Å². The van der Waals surface area contributed by atoms with Crippen LogP contribution in [0.4, 0.5) is 0 Å². The molecule has 0 amide bonds. The summed E-state index contributed by atoms with van der Waals surface area (Å²) in [6.45, 7) is 5.17. The van der Waals surface area contributed by atoms with Gasteiger partial charge in [0.15, 0.2) is 0 Å². The van der Waals surface area contributed by atoms with Crippen LogP contribution in [0, 0.1) is 5.92 Å². The predicted octanol–water partition coefficient (Wildman–Crippen LogP) is 2.54. The second kappa shape index (κ2) is 9.01. The molecular weight excluding hydrogens is 286 g/mol. The first kappa shape index (κ1) is 18.8. The number of esters is 1. The third-order valence-corrected chi connectivity index (χ3v) is 5.25. The molecule has 1 aliphatic carbocycles. The molecule has 0 aromatic rings. The van der Waals surface area contributed by atoms with E-state index in [0.29, 0.717) is 32.0 Å². The van der Waals surface area contributed by atoms with Crippen molar-refractivity contribution in [1.82, 2.24) is 4.90 Å². The lowest BCUT2D eigenvalue weighted by molar-refractivity contribution is -0.151. The van der Waals surface area contributed by atoms with Gasteiger partial charge in [-0.15, -0.1) is 0 Å². The van der Waals surface area contributed by atoms with Crippen molar-refractivity contribution in [1.29, 1.82) is 0 Å². The third kappa shape index (κ3) is 5.80. The second-order valence-corrected chi connectivity index (χ2v) is 7.09. The highest BCUT2D eigenvalue weighted by molar-refractivity contribution is 7.98. The van der Waals surface area contributed by atoms with E-state index in [0.717, 1.165) is 25.0 Å². The van der Waals surface area contributed by atoms with Crippen LogP contribution in [-0.4, -0.2) is 59.8 Å². The number of thioether (sulfide) groups is 1. The van der Waals surface area contributed by atoms with E-state index in [4.69, 9.17) is 4.74 Å². The van der Waals surface area contributed by atoms with Crippen molar-refractivity contribution in [3.63, 3.8) is 0 Å². The van der Waals surface area contributed by atoms with Crippen LogP contribution in [-0.2, 0) is 9.53 Å². The second-order valence-electron chi connectivity index (χ2n) is 6.18. The van der Waals surface area contributed by atoms with Crippen LogP contribution in [0.3, 0.4) is 0 Å². The maximum atomic E-state index is 11.8. The molecule has 0 aromatic heterocycles. The summed E-state index contributed by atoms with van der Waals surface area (Å²) in [5.74, 6) is 0.972. The van der Waals surface area contributed by atoms with Gasteiger partial charge < -0.3 is 9.84 Å². The molecule has 1 unspecified atom stereocenters. The van der Waals surface area contributed by atoms with E-state index < -0.39 is 5.60 Å². The molecule has 0 radical (unpaired) electrons. The molecule has 4 nitrogen and oxygen atoms in total. The van der Waals surface area contributed by atoms with Gasteiger partial charge >= 0.3 is 5.97 Å². The Morgan fingerprint density at radius 3 is 2.52 bits per heavy atom. The van der Waals surface area contributed by atoms with E-state index in [1.807, 2.05) is 18.7 Å². The lowest BCUT2D eigenvalue weighted by Gasteiger charge is -2.40. The summed E-state index contributed by atoms with van der Waals surface area (Å²) in [6, 6.07) is 0.506. The van der Waals surface area contributed by atoms with Crippen molar-refractivity contribution < 1.29 is 14.6 Å². The predicted molar refractivity (Wildman–Crippen MR) is 88.6 cm³/mol. The number of likely N-dealkylation sites (N-methyl/N-ethyl adjacent to an activating group) is 1. The minimum Gasteiger partial charge on any atom is -0.466 e. The minimum atomic E-state index is -0.649. The van der Waals surface area contributed by atoms with Crippen LogP contribution in [0.2, 0.25) is 0 Å². The Labute approximate surface area is 133 Å². The number of ether oxygens (including phenoxy) is 1. The maximum absolute atomic E-state index is 11.8. The van der Waals surface area contributed by atoms with Crippen molar-refractivity contribution in [2.45, 2.75) is 57.6 Å². The molecule has 1 rings (SSSR count). The highest BCUT2D eigenvalue weighted by atomic mass is 32.2. The summed E-state index contributed by atoms with van der Waals surface area (Å²) < 4.78 is 5.08. The SMILES string of the molecule is CCOC(=O)C1CCC(O)(CN(C)C(CC)CSC)CC1. The zero-order chi connectivity index (χ0) is 15.9. The maximum Gasteiger partial charge on any atom is 0.308 e. The van der Waals surface area contributed by atoms with Gasteiger partial charge in [0.1, 0.15) is 0 Å². The highest BCUT2D eigenvalue weighted by Crippen LogP contribution is 2.33. The van der Waals surface area contributed by atoms with E-state index in [1.54, 1.807) is 0 Å². The standard InChI is InChI=1S/C16H31NO3S/c1-5-14(11-21-4)17(3)12-16(19)9-7-13(8-10-16)15(18)20-6-2/h13-14,19H,5-12H2,1-4H3. The van der Waals surface area contributed by atoms with Crippen LogP contribution in [0.25, 0.3) is 0 Å². The highest BCUT2D eigenvalue weighted by Gasteiger charge is 2.37. The van der Waals surface area contributed by atoms with Crippen molar-refractivity contribution in [3.05, 3.63) is 0 Å². The van der Waals surface area contributed by atoms with Gasteiger partial charge in [-0.3, -0.25) is 9.69 Å². The molecule has 21 heavy (non-hydrogen) atoms. The summed E-state index contributed by atoms with van der Waals surface area (Å²) in [4.78, 5) is 14.0. The molecule has 1 atom stereocenters. The fourth-order valence-corrected chi connectivity index (χ4v) is 4.03. The van der Waals surface area contributed by atoms with Gasteiger partial charge in [0.25, 0.3) is 0 Å². The first-order valence-corrected chi connectivity index (χ1v) is 9.43. The number of carbonyl (C=O) groups excluding carboxylic acids is 1. The van der Waals surface area contributed by atoms with Gasteiger partial charge in [0, 0.05) is 18.3 Å². The molecule has 0 bridgehead atoms. The Kier molecular flexibility index (Phi) is 8.06. The van der Waals surface area contributed by atoms with E-state index in [1.165, 1.54) is 0 Å². The molecule has 0 saturated heterocycles. The lowest BCUT2D eigenvalue weighted by Crippen LogP contribution is -2.48. The smallest absolute Gasteiger partial charge is 0.308 e. The largest absolute Gasteiger partial charge is 0.466 e. The minimum absolute atomic E-state index is 0.0244. The van der Waals surface area contributed by atoms with Crippen molar-refractivity contribution in [3.8, 4) is 0 Å². The normalized spacial score (nSPS) is 27.6. The Hall–Kier alpha value is -0.260. The number of hydrogen-bond donors (Lipinski definition) is 1. The quantitative estimate of drug-likeness (QED) is 0.697. The van der Waals surface area contributed by atoms with E-state index in [-0.39, 0.29) is 11.9 Å². The summed E-state index contributed by atoms with van der Waals surface area (Å²) in [5.41, 5.74) is -0.649. The molecule has 0 aliphatic heterocycles. The molecule has 5 heteroatoms. The van der Waals surface area contributed by atoms with Gasteiger partial charge in [-0.05, 0) is 52.3 Å². The lowest BCUT2D eigenvalue weighted by atomic mass is 9.78. The fraction of sp³-hybridized carbons (Fsp3) is 0.938. The van der Waals surface area contributed by atoms with Gasteiger partial charge in [0.05, 0.1) is 18.1 Å². The number of rotatable bonds is 8. The van der Waals surface area contributed by atoms with Gasteiger partial charge in [-0.25, -0.2) is 0 Å². The van der Waals surface area contributed by atoms with E-state index in [9.17, 15) is 9.90 Å². The topological polar surface area (TPSA) is 49.8 Å². The third-order valence-electron chi connectivity index (χ3n) is 4.53. The Morgan fingerprint density at radius 1 is 1.43 bits per heavy atom. The van der Waals surface area contributed by atoms with Crippen LogP contribution in [0.5, 0.6) is 0 Å². The molecule has 1 N–H and O–H groups in total. The van der Waals surface area contributed by atoms with Crippen molar-refractivity contribution in [2.75, 3.05) is 32.2 Å². The van der Waals surface area contributed by atoms with Crippen molar-refractivity contribution in [2.24, 2.45) is 5.92 Å². The number of carbonyl (C=O) groups is 1. The number of aliphatic hydroxyl groups is 1. The summed E-state index contributed by atoms with van der Waals surface area (Å²) in [5, 5.41) is 10.8. The molecule has 1 saturated carbocycles. The molecule has 0 spiro atoms. The molecule has 124 valence electrons. The first-order valence-electron chi connectivity index (χ1n) is 8.04. The van der Waals surface area contributed by atoms with Crippen LogP contribution in [0.15, 0.2) is 0 Å². The monoisotopic (exact) mass is 317 g/mol. The Bertz CT molecular complexity index is 317. The zero-order valence-electron chi connectivity index (χ0n) is 13.9. The first-order chi connectivity index (χ1) is 9.95. The molecule has 0 aromatic carbocycles. The molecule has 1 aliphatic rings. The van der Waals surface area contributed by atoms with Crippen LogP contribution in [0.1, 0.15) is 46.0 Å². The average molecular weight is 317 g/mol. The summed E-state index contributed by atoms with van der Waals surface area (Å²) in [6.07, 6.45) is 6.08. The van der Waals surface area contributed by atoms with Crippen LogP contribution < -0.4 is 0 Å². The molecule has 0 heterocycles. The average Bonchev–Trinajstić information content (AvgIpc) is 2.45. The van der Waals surface area contributed by atoms with Crippen LogP contribution >= 0.6 is 11.8 Å². The number of nitrogens with zero attached hydrogens (tertiary/aromatic N) is 1. The summed E-state index contributed by atoms with van der Waals surface area (Å²) in [7, 11) is 2.10. The fourth-order valence-electron chi connectivity index (χ4n) is 3.15. The van der Waals surface area contributed by atoms with Crippen molar-refractivity contribution >= 4 is 17.7 Å². The van der Waals surface area contributed by atoms with Gasteiger partial charge in [0.2, 0.25) is 0 Å². The Morgan fingerprint density at radius 2 is 2.05 bits per heavy atom. The summed E-state index contributed by atoms with van der Waals surface area (Å²) >= 11 is 1.85. The van der Waals surface area contributed by atoms with E-state index >= 15 is 0 Å². The molecular formula is C16H31NO3S. The Balaban J connectivity index is 2.48. The zero-order valence-corrected chi connectivity index (χ0v) is 14.7.